The van der Waals surface area contributed by atoms with Crippen molar-refractivity contribution in [1.82, 2.24) is 39.3 Å². The minimum Gasteiger partial charge on any atom is -0.361 e. The van der Waals surface area contributed by atoms with Crippen LogP contribution in [0.1, 0.15) is 142 Å². The van der Waals surface area contributed by atoms with E-state index in [4.69, 9.17) is 39.2 Å². The summed E-state index contributed by atoms with van der Waals surface area (Å²) >= 11 is 0. The van der Waals surface area contributed by atoms with E-state index < -0.39 is 16.9 Å². The highest BCUT2D eigenvalue weighted by atomic mass is 16.5. The number of fused-ring (bicyclic) bond motifs is 10. The Bertz CT molecular complexity index is 4030. The second-order valence-corrected chi connectivity index (χ2v) is 24.3. The molecule has 0 aliphatic heterocycles. The Morgan fingerprint density at radius 3 is 1.46 bits per heavy atom. The van der Waals surface area contributed by atoms with Crippen molar-refractivity contribution in [3.05, 3.63) is 208 Å². The van der Waals surface area contributed by atoms with E-state index in [1.54, 1.807) is 39.4 Å². The molecule has 6 aliphatic rings. The van der Waals surface area contributed by atoms with Crippen LogP contribution in [0, 0.1) is 42.7 Å². The van der Waals surface area contributed by atoms with Crippen LogP contribution in [-0.4, -0.2) is 63.7 Å². The van der Waals surface area contributed by atoms with Gasteiger partial charge >= 0.3 is 0 Å². The Morgan fingerprint density at radius 1 is 0.621 bits per heavy atom. The lowest BCUT2D eigenvalue weighted by molar-refractivity contribution is -0.129. The first kappa shape index (κ1) is 64.5. The van der Waals surface area contributed by atoms with E-state index in [9.17, 15) is 24.0 Å². The number of carbonyl (C=O) groups excluding carboxylic acids is 2. The first-order chi connectivity index (χ1) is 41.2. The topological polar surface area (TPSA) is 206 Å². The van der Waals surface area contributed by atoms with E-state index >= 15 is 0 Å². The summed E-state index contributed by atoms with van der Waals surface area (Å²) in [5.74, 6) is 3.38. The molecule has 7 aromatic rings. The first-order valence-corrected chi connectivity index (χ1v) is 28.9. The number of carbonyl (C=O) groups is 2. The van der Waals surface area contributed by atoms with Gasteiger partial charge in [0.2, 0.25) is 11.5 Å². The number of nitrogens with zero attached hydrogens (tertiary/aromatic N) is 9. The van der Waals surface area contributed by atoms with Gasteiger partial charge in [-0.1, -0.05) is 166 Å². The maximum Gasteiger partial charge on any atom is 0.282 e. The summed E-state index contributed by atoms with van der Waals surface area (Å²) in [5, 5.41) is 11.4. The predicted molar refractivity (Wildman–Crippen MR) is 340 cm³/mol. The summed E-state index contributed by atoms with van der Waals surface area (Å²) in [7, 11) is 8.02. The van der Waals surface area contributed by atoms with Gasteiger partial charge < -0.3 is 19.4 Å². The van der Waals surface area contributed by atoms with Gasteiger partial charge in [0.1, 0.15) is 23.2 Å². The Hall–Kier alpha value is -8.51. The fourth-order valence-electron chi connectivity index (χ4n) is 15.2. The fourth-order valence-corrected chi connectivity index (χ4v) is 15.2. The van der Waals surface area contributed by atoms with Crippen molar-refractivity contribution in [2.45, 2.75) is 143 Å². The van der Waals surface area contributed by atoms with Crippen LogP contribution in [0.4, 0.5) is 0 Å². The van der Waals surface area contributed by atoms with E-state index in [1.165, 1.54) is 14.5 Å². The average Bonchev–Trinajstić information content (AvgIpc) is 0.917. The maximum atomic E-state index is 13.2. The van der Waals surface area contributed by atoms with Crippen LogP contribution >= 0.6 is 0 Å². The molecule has 17 nitrogen and oxygen atoms in total. The zero-order valence-corrected chi connectivity index (χ0v) is 50.4. The monoisotopic (exact) mass is 1180 g/mol. The van der Waals surface area contributed by atoms with Gasteiger partial charge in [-0.3, -0.25) is 32.9 Å². The molecule has 10 atom stereocenters. The van der Waals surface area contributed by atoms with Crippen LogP contribution in [0.3, 0.4) is 0 Å². The molecule has 2 N–H and O–H groups in total. The third-order valence-corrected chi connectivity index (χ3v) is 19.6. The fraction of sp³-hybridized carbons (Fsp3) is 0.443. The largest absolute Gasteiger partial charge is 0.361 e. The Kier molecular flexibility index (Phi) is 19.1. The summed E-state index contributed by atoms with van der Waals surface area (Å²) in [6.45, 7) is 27.3. The molecule has 3 aromatic carbocycles. The molecule has 1 saturated carbocycles. The van der Waals surface area contributed by atoms with Gasteiger partial charge in [0.05, 0.1) is 29.9 Å². The van der Waals surface area contributed by atoms with Gasteiger partial charge in [0.15, 0.2) is 5.78 Å². The van der Waals surface area contributed by atoms with Crippen LogP contribution < -0.4 is 22.2 Å². The molecule has 17 heteroatoms. The van der Waals surface area contributed by atoms with E-state index in [-0.39, 0.29) is 83.8 Å². The number of ketones is 2. The Balaban J connectivity index is 0.000000179. The highest BCUT2D eigenvalue weighted by Crippen LogP contribution is 2.54. The van der Waals surface area contributed by atoms with Gasteiger partial charge in [-0.15, -0.1) is 0 Å². The van der Waals surface area contributed by atoms with Crippen LogP contribution in [-0.2, 0) is 72.7 Å². The minimum absolute atomic E-state index is 0. The molecule has 4 heterocycles. The summed E-state index contributed by atoms with van der Waals surface area (Å²) in [5.41, 5.74) is 9.48. The quantitative estimate of drug-likeness (QED) is 0.125. The lowest BCUT2D eigenvalue weighted by atomic mass is 9.55. The summed E-state index contributed by atoms with van der Waals surface area (Å²) in [6.07, 6.45) is 9.42. The summed E-state index contributed by atoms with van der Waals surface area (Å²) in [6, 6.07) is 28.7. The summed E-state index contributed by atoms with van der Waals surface area (Å²) < 4.78 is 16.2. The molecule has 0 amide bonds. The molecular formula is C70H84N10O7. The van der Waals surface area contributed by atoms with Crippen molar-refractivity contribution in [2.75, 3.05) is 7.05 Å². The van der Waals surface area contributed by atoms with Crippen LogP contribution in [0.5, 0.6) is 0 Å². The molecule has 0 spiro atoms. The van der Waals surface area contributed by atoms with Crippen molar-refractivity contribution >= 4 is 11.6 Å². The normalized spacial score (nSPS) is 25.8. The van der Waals surface area contributed by atoms with Crippen LogP contribution in [0.15, 0.2) is 128 Å². The number of hydrogen-bond acceptors (Lipinski definition) is 12. The van der Waals surface area contributed by atoms with Gasteiger partial charge in [-0.2, -0.15) is 0 Å². The Morgan fingerprint density at radius 2 is 1.02 bits per heavy atom. The number of allylic oxidation sites excluding steroid dienone is 2. The van der Waals surface area contributed by atoms with Crippen LogP contribution in [0.25, 0.3) is 43.9 Å². The molecule has 0 radical (unpaired) electrons. The second-order valence-electron chi connectivity index (χ2n) is 24.3. The van der Waals surface area contributed by atoms with E-state index in [0.717, 1.165) is 94.2 Å². The molecule has 1 fully saturated rings. The van der Waals surface area contributed by atoms with Gasteiger partial charge in [0, 0.05) is 109 Å². The zero-order valence-electron chi connectivity index (χ0n) is 51.4. The standard InChI is InChI=1S/2C22H23N3O2.C22H21N3O2.CH5NO.3CH4/c1-13-17-10-9-16-19(22(17,2)11-15-12-23-27-18(13)15)24-20(25(3)21(16)26)14-7-5-4-6-8-14;2*1-13-16-11-10-15-19(22(16,2)12-17(23-3)18(13)26)24-20(25(4)21(15)27)14-8-6-5-7-9-14;1-2-3;;;/h4-8,12-13,17H,9-11H2,1-3H3;5-9,13,16-17H,10-12H2,1-2,4H3;5-9,12-13,16H,10-11H2,1-2,4H3;2-3H,1H3;3*1H4/t13-,17-,22-;13-,16-,17?,22-;13-,16-,22-;;;;/m000..../s1/i;;;;1T;;. The lowest BCUT2D eigenvalue weighted by Crippen LogP contribution is -2.53. The highest BCUT2D eigenvalue weighted by molar-refractivity contribution is 6.00. The number of benzene rings is 3. The van der Waals surface area contributed by atoms with Gasteiger partial charge in [0.25, 0.3) is 22.7 Å². The number of nitrogens with one attached hydrogen (secondary N) is 1. The van der Waals surface area contributed by atoms with E-state index in [0.29, 0.717) is 42.4 Å². The number of aromatic nitrogens is 7. The first-order valence-electron chi connectivity index (χ1n) is 29.9. The molecule has 13 rings (SSSR count). The third-order valence-electron chi connectivity index (χ3n) is 19.6. The minimum atomic E-state index is -0.641. The molecule has 87 heavy (non-hydrogen) atoms. The number of hydroxylamine groups is 1. The van der Waals surface area contributed by atoms with Crippen LogP contribution in [0.2, 0.25) is 0 Å². The molecule has 0 bridgehead atoms. The molecule has 0 saturated heterocycles. The zero-order chi connectivity index (χ0) is 62.2. The number of rotatable bonds is 3. The number of Topliss-reactive ketones (excluding diaryl/α,β-unsaturated/α-hetero) is 2. The van der Waals surface area contributed by atoms with Crippen molar-refractivity contribution in [3.63, 3.8) is 0 Å². The molecule has 1 unspecified atom stereocenters. The van der Waals surface area contributed by atoms with Crippen molar-refractivity contribution in [2.24, 2.45) is 50.7 Å². The lowest BCUT2D eigenvalue weighted by Gasteiger charge is -2.47. The predicted octanol–water partition coefficient (Wildman–Crippen LogP) is 11.6. The highest BCUT2D eigenvalue weighted by Gasteiger charge is 2.56. The SMILES string of the molecule is C.C.CNO.C[C@@H]1c2oncc2C[C@]2(C)c3nc(-c4ccccc4)n(C)c(=O)c3CC[C@@H]12.[3H]C.[C-]#[N+]C1=C[C@]2(C)c3nc(-c4ccccc4)n(C)c(=O)c3CC[C@H]2[C@H](C)C1=O.[C-]#[N+]C1C[C@]2(C)c3nc(-c4ccccc4)n(C)c(=O)c3CC[C@H]2[C@H](C)C1=O. The van der Waals surface area contributed by atoms with E-state index in [2.05, 4.69) is 35.6 Å². The smallest absolute Gasteiger partial charge is 0.282 e. The van der Waals surface area contributed by atoms with Gasteiger partial charge in [-0.25, -0.2) is 31.8 Å². The average molecular weight is 1180 g/mol. The van der Waals surface area contributed by atoms with E-state index in [1.807, 2.05) is 125 Å². The second kappa shape index (κ2) is 25.8. The van der Waals surface area contributed by atoms with Crippen molar-refractivity contribution in [1.29, 1.82) is 0 Å². The maximum absolute atomic E-state index is 13.2. The van der Waals surface area contributed by atoms with Gasteiger partial charge in [-0.05, 0) is 62.7 Å². The number of hydrogen-bond donors (Lipinski definition) is 2. The van der Waals surface area contributed by atoms with Crippen molar-refractivity contribution < 1.29 is 20.7 Å². The molecule has 6 aliphatic carbocycles. The summed E-state index contributed by atoms with van der Waals surface area (Å²) in [4.78, 5) is 86.6. The Labute approximate surface area is 512 Å². The third kappa shape index (κ3) is 11.1. The molecular weight excluding hydrogens is 1090 g/mol. The van der Waals surface area contributed by atoms with Crippen molar-refractivity contribution in [3.8, 4) is 34.2 Å². The molecule has 4 aromatic heterocycles. The molecule has 456 valence electrons.